The maximum atomic E-state index is 8.68. The lowest BCUT2D eigenvalue weighted by molar-refractivity contribution is 0.316. The van der Waals surface area contributed by atoms with Crippen LogP contribution in [-0.2, 0) is 6.42 Å². The van der Waals surface area contributed by atoms with E-state index in [0.717, 1.165) is 24.2 Å². The quantitative estimate of drug-likeness (QED) is 0.333. The molecular formula is C11H14N2O2. The smallest absolute Gasteiger partial charge is 0.146 e. The van der Waals surface area contributed by atoms with Crippen LogP contribution in [0.25, 0.3) is 0 Å². The van der Waals surface area contributed by atoms with Gasteiger partial charge in [-0.15, -0.1) is 0 Å². The predicted octanol–water partition coefficient (Wildman–Crippen LogP) is 1.47. The molecule has 0 aliphatic heterocycles. The van der Waals surface area contributed by atoms with Crippen LogP contribution in [0.1, 0.15) is 23.5 Å². The zero-order valence-electron chi connectivity index (χ0n) is 8.60. The Balaban J connectivity index is 2.40. The van der Waals surface area contributed by atoms with Crippen LogP contribution in [0.3, 0.4) is 0 Å². The zero-order valence-corrected chi connectivity index (χ0v) is 8.60. The van der Waals surface area contributed by atoms with Crippen LogP contribution in [0.2, 0.25) is 0 Å². The van der Waals surface area contributed by atoms with E-state index in [2.05, 4.69) is 5.16 Å². The second-order valence-electron chi connectivity index (χ2n) is 3.68. The normalized spacial score (nSPS) is 20.1. The number of aryl methyl sites for hydroxylation is 1. The summed E-state index contributed by atoms with van der Waals surface area (Å²) in [5.74, 6) is 1.12. The minimum absolute atomic E-state index is 0.0279. The van der Waals surface area contributed by atoms with E-state index in [9.17, 15) is 0 Å². The lowest BCUT2D eigenvalue weighted by atomic mass is 10.0. The summed E-state index contributed by atoms with van der Waals surface area (Å²) in [7, 11) is 1.63. The Morgan fingerprint density at radius 1 is 1.60 bits per heavy atom. The summed E-state index contributed by atoms with van der Waals surface area (Å²) in [4.78, 5) is 0. The molecule has 1 aliphatic carbocycles. The molecule has 4 heteroatoms. The summed E-state index contributed by atoms with van der Waals surface area (Å²) in [6.07, 6.45) is 1.87. The van der Waals surface area contributed by atoms with Crippen LogP contribution >= 0.6 is 0 Å². The molecule has 0 aromatic heterocycles. The topological polar surface area (TPSA) is 67.8 Å². The number of amidine groups is 1. The highest BCUT2D eigenvalue weighted by Gasteiger charge is 2.26. The Hall–Kier alpha value is -1.71. The second-order valence-corrected chi connectivity index (χ2v) is 3.68. The number of hydrogen-bond acceptors (Lipinski definition) is 3. The van der Waals surface area contributed by atoms with Crippen LogP contribution in [0.15, 0.2) is 23.4 Å². The van der Waals surface area contributed by atoms with E-state index in [1.54, 1.807) is 7.11 Å². The molecule has 3 N–H and O–H groups in total. The number of fused-ring (bicyclic) bond motifs is 1. The molecule has 1 aromatic rings. The van der Waals surface area contributed by atoms with Crippen molar-refractivity contribution in [1.82, 2.24) is 0 Å². The van der Waals surface area contributed by atoms with Crippen LogP contribution < -0.4 is 10.5 Å². The fraction of sp³-hybridized carbons (Fsp3) is 0.364. The molecule has 0 fully saturated rings. The largest absolute Gasteiger partial charge is 0.497 e. The van der Waals surface area contributed by atoms with E-state index in [1.165, 1.54) is 5.56 Å². The van der Waals surface area contributed by atoms with E-state index >= 15 is 0 Å². The number of nitrogens with zero attached hydrogens (tertiary/aromatic N) is 1. The number of hydrogen-bond donors (Lipinski definition) is 2. The van der Waals surface area contributed by atoms with Gasteiger partial charge < -0.3 is 15.7 Å². The van der Waals surface area contributed by atoms with Crippen molar-refractivity contribution in [3.8, 4) is 5.75 Å². The van der Waals surface area contributed by atoms with Gasteiger partial charge in [-0.1, -0.05) is 11.2 Å². The van der Waals surface area contributed by atoms with Crippen molar-refractivity contribution in [3.05, 3.63) is 29.3 Å². The summed E-state index contributed by atoms with van der Waals surface area (Å²) < 4.78 is 5.16. The van der Waals surface area contributed by atoms with Gasteiger partial charge in [0.25, 0.3) is 0 Å². The first-order valence-electron chi connectivity index (χ1n) is 4.90. The van der Waals surface area contributed by atoms with Gasteiger partial charge >= 0.3 is 0 Å². The Kier molecular flexibility index (Phi) is 2.49. The summed E-state index contributed by atoms with van der Waals surface area (Å²) >= 11 is 0. The number of ether oxygens (including phenoxy) is 1. The summed E-state index contributed by atoms with van der Waals surface area (Å²) in [5, 5.41) is 11.8. The van der Waals surface area contributed by atoms with Crippen molar-refractivity contribution in [2.24, 2.45) is 10.9 Å². The molecule has 1 atom stereocenters. The fourth-order valence-corrected chi connectivity index (χ4v) is 2.08. The van der Waals surface area contributed by atoms with Gasteiger partial charge in [-0.25, -0.2) is 0 Å². The molecule has 1 aromatic carbocycles. The summed E-state index contributed by atoms with van der Waals surface area (Å²) in [6.45, 7) is 0. The molecule has 0 saturated carbocycles. The van der Waals surface area contributed by atoms with E-state index in [4.69, 9.17) is 15.7 Å². The molecule has 0 bridgehead atoms. The van der Waals surface area contributed by atoms with E-state index in [1.807, 2.05) is 18.2 Å². The van der Waals surface area contributed by atoms with Crippen molar-refractivity contribution in [2.45, 2.75) is 18.8 Å². The minimum Gasteiger partial charge on any atom is -0.497 e. The molecule has 0 saturated heterocycles. The molecule has 2 rings (SSSR count). The maximum absolute atomic E-state index is 8.68. The number of nitrogens with two attached hydrogens (primary N) is 1. The second kappa shape index (κ2) is 3.81. The number of rotatable bonds is 2. The van der Waals surface area contributed by atoms with Crippen LogP contribution in [-0.4, -0.2) is 18.2 Å². The number of oxime groups is 1. The van der Waals surface area contributed by atoms with Crippen molar-refractivity contribution in [1.29, 1.82) is 0 Å². The third-order valence-corrected chi connectivity index (χ3v) is 2.90. The lowest BCUT2D eigenvalue weighted by Crippen LogP contribution is -2.20. The summed E-state index contributed by atoms with van der Waals surface area (Å²) in [6, 6.07) is 5.94. The standard InChI is InChI=1S/C11H14N2O2/c1-15-8-4-2-7-3-5-9(10(7)6-8)11(12)13-14/h2,4,6,9,14H,3,5H2,1H3,(H2,12,13). The van der Waals surface area contributed by atoms with Gasteiger partial charge in [-0.2, -0.15) is 0 Å². The monoisotopic (exact) mass is 206 g/mol. The molecule has 1 unspecified atom stereocenters. The third kappa shape index (κ3) is 1.63. The molecule has 4 nitrogen and oxygen atoms in total. The Bertz CT molecular complexity index is 402. The molecule has 15 heavy (non-hydrogen) atoms. The Labute approximate surface area is 88.3 Å². The molecule has 0 amide bonds. The predicted molar refractivity (Wildman–Crippen MR) is 57.5 cm³/mol. The average Bonchev–Trinajstić information content (AvgIpc) is 2.70. The summed E-state index contributed by atoms with van der Waals surface area (Å²) in [5.41, 5.74) is 8.02. The minimum atomic E-state index is 0.0279. The van der Waals surface area contributed by atoms with E-state index in [0.29, 0.717) is 0 Å². The first-order valence-corrected chi connectivity index (χ1v) is 4.90. The first-order chi connectivity index (χ1) is 7.26. The number of benzene rings is 1. The molecule has 0 radical (unpaired) electrons. The van der Waals surface area contributed by atoms with Gasteiger partial charge in [0, 0.05) is 5.92 Å². The SMILES string of the molecule is COc1ccc2c(c1)C(C(N)=NO)CC2. The molecule has 1 aliphatic rings. The van der Waals surface area contributed by atoms with Crippen LogP contribution in [0.4, 0.5) is 0 Å². The van der Waals surface area contributed by atoms with Gasteiger partial charge in [-0.3, -0.25) is 0 Å². The maximum Gasteiger partial charge on any atom is 0.146 e. The molecule has 0 spiro atoms. The highest BCUT2D eigenvalue weighted by atomic mass is 16.5. The highest BCUT2D eigenvalue weighted by Crippen LogP contribution is 2.35. The third-order valence-electron chi connectivity index (χ3n) is 2.90. The first kappa shape index (κ1) is 9.83. The van der Waals surface area contributed by atoms with Crippen molar-refractivity contribution < 1.29 is 9.94 Å². The van der Waals surface area contributed by atoms with Crippen LogP contribution in [0.5, 0.6) is 5.75 Å². The van der Waals surface area contributed by atoms with Gasteiger partial charge in [0.15, 0.2) is 0 Å². The van der Waals surface area contributed by atoms with Crippen molar-refractivity contribution in [3.63, 3.8) is 0 Å². The zero-order chi connectivity index (χ0) is 10.8. The average molecular weight is 206 g/mol. The van der Waals surface area contributed by atoms with Crippen LogP contribution in [0, 0.1) is 0 Å². The van der Waals surface area contributed by atoms with Gasteiger partial charge in [0.2, 0.25) is 0 Å². The lowest BCUT2D eigenvalue weighted by Gasteiger charge is -2.10. The molecule has 0 heterocycles. The van der Waals surface area contributed by atoms with Crippen molar-refractivity contribution in [2.75, 3.05) is 7.11 Å². The Morgan fingerprint density at radius 2 is 2.40 bits per heavy atom. The highest BCUT2D eigenvalue weighted by molar-refractivity contribution is 5.88. The fourth-order valence-electron chi connectivity index (χ4n) is 2.08. The van der Waals surface area contributed by atoms with Crippen molar-refractivity contribution >= 4 is 5.84 Å². The molecular weight excluding hydrogens is 192 g/mol. The van der Waals surface area contributed by atoms with E-state index < -0.39 is 0 Å². The Morgan fingerprint density at radius 3 is 3.07 bits per heavy atom. The number of methoxy groups -OCH3 is 1. The van der Waals surface area contributed by atoms with Gasteiger partial charge in [-0.05, 0) is 36.1 Å². The van der Waals surface area contributed by atoms with Gasteiger partial charge in [0.1, 0.15) is 11.6 Å². The van der Waals surface area contributed by atoms with Gasteiger partial charge in [0.05, 0.1) is 7.11 Å². The molecule has 80 valence electrons. The van der Waals surface area contributed by atoms with E-state index in [-0.39, 0.29) is 11.8 Å².